The number of hydrogen-bond acceptors (Lipinski definition) is 2. The van der Waals surface area contributed by atoms with E-state index in [2.05, 4.69) is 10.6 Å². The van der Waals surface area contributed by atoms with Crippen molar-refractivity contribution in [1.82, 2.24) is 10.6 Å². The van der Waals surface area contributed by atoms with E-state index in [1.54, 1.807) is 24.3 Å². The maximum Gasteiger partial charge on any atom is 0.268 e. The Bertz CT molecular complexity index is 877. The van der Waals surface area contributed by atoms with Crippen LogP contribution in [-0.2, 0) is 4.79 Å². The van der Waals surface area contributed by atoms with Crippen molar-refractivity contribution >= 4 is 17.9 Å². The van der Waals surface area contributed by atoms with E-state index in [-0.39, 0.29) is 23.6 Å². The first-order valence-corrected chi connectivity index (χ1v) is 10.2. The summed E-state index contributed by atoms with van der Waals surface area (Å²) in [6.45, 7) is 1.97. The molecule has 0 saturated heterocycles. The van der Waals surface area contributed by atoms with Gasteiger partial charge in [0, 0.05) is 11.6 Å². The molecule has 4 nitrogen and oxygen atoms in total. The van der Waals surface area contributed by atoms with E-state index in [0.29, 0.717) is 5.56 Å². The fourth-order valence-electron chi connectivity index (χ4n) is 3.40. The summed E-state index contributed by atoms with van der Waals surface area (Å²) in [6.07, 6.45) is 10.8. The van der Waals surface area contributed by atoms with Gasteiger partial charge in [-0.15, -0.1) is 0 Å². The third kappa shape index (κ3) is 6.46. The smallest absolute Gasteiger partial charge is 0.268 e. The second-order valence-corrected chi connectivity index (χ2v) is 7.48. The van der Waals surface area contributed by atoms with Gasteiger partial charge in [-0.3, -0.25) is 9.59 Å². The molecule has 0 aromatic heterocycles. The molecule has 1 aliphatic carbocycles. The molecular formula is C25H28N2O2. The summed E-state index contributed by atoms with van der Waals surface area (Å²) in [5, 5.41) is 5.87. The number of carbonyl (C=O) groups is 2. The van der Waals surface area contributed by atoms with Gasteiger partial charge in [-0.25, -0.2) is 0 Å². The van der Waals surface area contributed by atoms with Gasteiger partial charge in [0.15, 0.2) is 0 Å². The van der Waals surface area contributed by atoms with Gasteiger partial charge in [0.1, 0.15) is 5.70 Å². The van der Waals surface area contributed by atoms with Crippen molar-refractivity contribution in [2.24, 2.45) is 0 Å². The lowest BCUT2D eigenvalue weighted by molar-refractivity contribution is -0.118. The molecule has 1 aliphatic rings. The van der Waals surface area contributed by atoms with Crippen molar-refractivity contribution in [3.05, 3.63) is 89.1 Å². The Hall–Kier alpha value is -3.14. The van der Waals surface area contributed by atoms with Crippen LogP contribution in [0.3, 0.4) is 0 Å². The number of amides is 2. The maximum atomic E-state index is 12.8. The van der Waals surface area contributed by atoms with Crippen LogP contribution in [0, 0.1) is 6.92 Å². The minimum absolute atomic E-state index is 0.175. The average molecular weight is 389 g/mol. The molecule has 0 radical (unpaired) electrons. The summed E-state index contributed by atoms with van der Waals surface area (Å²) in [5.41, 5.74) is 2.89. The molecule has 29 heavy (non-hydrogen) atoms. The lowest BCUT2D eigenvalue weighted by Crippen LogP contribution is -2.41. The van der Waals surface area contributed by atoms with E-state index in [1.807, 2.05) is 55.5 Å². The van der Waals surface area contributed by atoms with Crippen LogP contribution in [0.5, 0.6) is 0 Å². The van der Waals surface area contributed by atoms with Gasteiger partial charge in [-0.1, -0.05) is 79.4 Å². The Kier molecular flexibility index (Phi) is 7.40. The van der Waals surface area contributed by atoms with Crippen LogP contribution in [0.2, 0.25) is 0 Å². The van der Waals surface area contributed by atoms with Crippen molar-refractivity contribution in [3.8, 4) is 0 Å². The number of aryl methyl sites for hydroxylation is 1. The fourth-order valence-corrected chi connectivity index (χ4v) is 3.40. The number of rotatable bonds is 6. The average Bonchev–Trinajstić information content (AvgIpc) is 2.75. The Labute approximate surface area is 172 Å². The third-order valence-corrected chi connectivity index (χ3v) is 5.10. The van der Waals surface area contributed by atoms with Crippen LogP contribution in [0.4, 0.5) is 0 Å². The summed E-state index contributed by atoms with van der Waals surface area (Å²) in [5.74, 6) is -0.529. The Balaban J connectivity index is 1.74. The number of nitrogens with one attached hydrogen (secondary N) is 2. The zero-order chi connectivity index (χ0) is 20.5. The second-order valence-electron chi connectivity index (χ2n) is 7.48. The summed E-state index contributed by atoms with van der Waals surface area (Å²) in [4.78, 5) is 25.5. The molecule has 2 amide bonds. The highest BCUT2D eigenvalue weighted by Gasteiger charge is 2.19. The lowest BCUT2D eigenvalue weighted by atomic mass is 9.95. The van der Waals surface area contributed by atoms with Crippen molar-refractivity contribution in [1.29, 1.82) is 0 Å². The first kappa shape index (κ1) is 20.6. The minimum Gasteiger partial charge on any atom is -0.348 e. The normalized spacial score (nSPS) is 15.3. The molecule has 1 fully saturated rings. The molecule has 0 spiro atoms. The van der Waals surface area contributed by atoms with Crippen LogP contribution < -0.4 is 10.6 Å². The molecule has 4 heteroatoms. The molecule has 0 bridgehead atoms. The quantitative estimate of drug-likeness (QED) is 0.553. The molecule has 0 atom stereocenters. The van der Waals surface area contributed by atoms with E-state index in [1.165, 1.54) is 6.42 Å². The lowest BCUT2D eigenvalue weighted by Gasteiger charge is -2.23. The van der Waals surface area contributed by atoms with E-state index in [9.17, 15) is 9.59 Å². The summed E-state index contributed by atoms with van der Waals surface area (Å²) >= 11 is 0. The zero-order valence-electron chi connectivity index (χ0n) is 16.9. The summed E-state index contributed by atoms with van der Waals surface area (Å²) < 4.78 is 0. The van der Waals surface area contributed by atoms with Crippen molar-refractivity contribution < 1.29 is 9.59 Å². The largest absolute Gasteiger partial charge is 0.348 e. The monoisotopic (exact) mass is 388 g/mol. The second kappa shape index (κ2) is 10.4. The topological polar surface area (TPSA) is 58.2 Å². The summed E-state index contributed by atoms with van der Waals surface area (Å²) in [6, 6.07) is 17.3. The van der Waals surface area contributed by atoms with Crippen LogP contribution in [0.15, 0.2) is 72.4 Å². The van der Waals surface area contributed by atoms with Gasteiger partial charge >= 0.3 is 0 Å². The predicted molar refractivity (Wildman–Crippen MR) is 117 cm³/mol. The van der Waals surface area contributed by atoms with E-state index in [0.717, 1.165) is 36.8 Å². The Morgan fingerprint density at radius 2 is 1.62 bits per heavy atom. The standard InChI is InChI=1S/C25H28N2O2/c1-19-15-17-21(18-16-19)24(28)27-23(14-8-11-20-9-4-2-5-10-20)25(29)26-22-12-6-3-7-13-22/h2,4-5,8-11,14-18,22H,3,6-7,12-13H2,1H3,(H,26,29)(H,27,28)/b11-8-,23-14+. The molecule has 150 valence electrons. The molecule has 2 aromatic carbocycles. The van der Waals surface area contributed by atoms with Crippen LogP contribution >= 0.6 is 0 Å². The molecule has 0 unspecified atom stereocenters. The van der Waals surface area contributed by atoms with Gasteiger partial charge in [-0.05, 0) is 43.5 Å². The van der Waals surface area contributed by atoms with Crippen LogP contribution in [-0.4, -0.2) is 17.9 Å². The van der Waals surface area contributed by atoms with Crippen molar-refractivity contribution in [2.45, 2.75) is 45.1 Å². The molecule has 1 saturated carbocycles. The number of hydrogen-bond donors (Lipinski definition) is 2. The molecule has 3 rings (SSSR count). The van der Waals surface area contributed by atoms with Gasteiger partial charge in [0.25, 0.3) is 11.8 Å². The van der Waals surface area contributed by atoms with E-state index < -0.39 is 0 Å². The van der Waals surface area contributed by atoms with E-state index in [4.69, 9.17) is 0 Å². The zero-order valence-corrected chi connectivity index (χ0v) is 16.9. The van der Waals surface area contributed by atoms with Crippen molar-refractivity contribution in [3.63, 3.8) is 0 Å². The molecule has 2 aromatic rings. The first-order chi connectivity index (χ1) is 14.1. The Morgan fingerprint density at radius 1 is 0.931 bits per heavy atom. The molecule has 0 heterocycles. The molecular weight excluding hydrogens is 360 g/mol. The number of benzene rings is 2. The van der Waals surface area contributed by atoms with Gasteiger partial charge in [-0.2, -0.15) is 0 Å². The minimum atomic E-state index is -0.289. The highest BCUT2D eigenvalue weighted by Crippen LogP contribution is 2.17. The van der Waals surface area contributed by atoms with Gasteiger partial charge in [0.2, 0.25) is 0 Å². The predicted octanol–water partition coefficient (Wildman–Crippen LogP) is 4.77. The molecule has 2 N–H and O–H groups in total. The van der Waals surface area contributed by atoms with Crippen molar-refractivity contribution in [2.75, 3.05) is 0 Å². The first-order valence-electron chi connectivity index (χ1n) is 10.2. The Morgan fingerprint density at radius 3 is 2.31 bits per heavy atom. The van der Waals surface area contributed by atoms with Crippen LogP contribution in [0.1, 0.15) is 53.6 Å². The SMILES string of the molecule is Cc1ccc(C(=O)N/C(=C/C=C\c2ccccc2)C(=O)NC2CCCCC2)cc1. The third-order valence-electron chi connectivity index (χ3n) is 5.10. The van der Waals surface area contributed by atoms with Gasteiger partial charge < -0.3 is 10.6 Å². The fraction of sp³-hybridized carbons (Fsp3) is 0.280. The number of carbonyl (C=O) groups excluding carboxylic acids is 2. The number of allylic oxidation sites excluding steroid dienone is 2. The summed E-state index contributed by atoms with van der Waals surface area (Å²) in [7, 11) is 0. The highest BCUT2D eigenvalue weighted by molar-refractivity contribution is 6.03. The highest BCUT2D eigenvalue weighted by atomic mass is 16.2. The molecule has 0 aliphatic heterocycles. The van der Waals surface area contributed by atoms with E-state index >= 15 is 0 Å². The maximum absolute atomic E-state index is 12.8. The van der Waals surface area contributed by atoms with Crippen LogP contribution in [0.25, 0.3) is 6.08 Å². The van der Waals surface area contributed by atoms with Gasteiger partial charge in [0.05, 0.1) is 0 Å².